The van der Waals surface area contributed by atoms with E-state index >= 15 is 0 Å². The zero-order valence-electron chi connectivity index (χ0n) is 17.7. The SMILES string of the molecule is CCNC(=NCc1ncc(C(C)(C)C)o1)NCCCN1CCCC(C)C1.I. The molecule has 1 aliphatic heterocycles. The van der Waals surface area contributed by atoms with Gasteiger partial charge in [0.05, 0.1) is 6.20 Å². The molecule has 0 spiro atoms. The molecule has 6 nitrogen and oxygen atoms in total. The van der Waals surface area contributed by atoms with Crippen molar-refractivity contribution >= 4 is 29.9 Å². The Labute approximate surface area is 182 Å². The van der Waals surface area contributed by atoms with Gasteiger partial charge >= 0.3 is 0 Å². The summed E-state index contributed by atoms with van der Waals surface area (Å²) in [5.74, 6) is 3.23. The van der Waals surface area contributed by atoms with Crippen LogP contribution in [0.2, 0.25) is 0 Å². The van der Waals surface area contributed by atoms with Crippen LogP contribution < -0.4 is 10.6 Å². The molecule has 27 heavy (non-hydrogen) atoms. The Morgan fingerprint density at radius 2 is 2.15 bits per heavy atom. The Balaban J connectivity index is 0.00000364. The minimum absolute atomic E-state index is 0. The van der Waals surface area contributed by atoms with Crippen LogP contribution in [0.1, 0.15) is 65.5 Å². The molecule has 1 aliphatic rings. The van der Waals surface area contributed by atoms with Crippen LogP contribution >= 0.6 is 24.0 Å². The number of oxazole rings is 1. The van der Waals surface area contributed by atoms with Crippen molar-refractivity contribution in [3.05, 3.63) is 17.8 Å². The summed E-state index contributed by atoms with van der Waals surface area (Å²) < 4.78 is 5.81. The van der Waals surface area contributed by atoms with E-state index < -0.39 is 0 Å². The number of piperidine rings is 1. The predicted octanol–water partition coefficient (Wildman–Crippen LogP) is 3.77. The van der Waals surface area contributed by atoms with E-state index in [2.05, 4.69) is 60.1 Å². The minimum atomic E-state index is -0.0241. The first-order chi connectivity index (χ1) is 12.4. The summed E-state index contributed by atoms with van der Waals surface area (Å²) in [5, 5.41) is 6.71. The molecule has 2 heterocycles. The van der Waals surface area contributed by atoms with E-state index in [1.165, 1.54) is 25.9 Å². The van der Waals surface area contributed by atoms with Gasteiger partial charge in [-0.05, 0) is 45.2 Å². The van der Waals surface area contributed by atoms with Crippen LogP contribution in [-0.2, 0) is 12.0 Å². The molecular formula is C20H38IN5O. The zero-order valence-corrected chi connectivity index (χ0v) is 20.0. The first-order valence-electron chi connectivity index (χ1n) is 10.1. The monoisotopic (exact) mass is 491 g/mol. The Bertz CT molecular complexity index is 567. The van der Waals surface area contributed by atoms with Gasteiger partial charge in [-0.3, -0.25) is 0 Å². The fraction of sp³-hybridized carbons (Fsp3) is 0.800. The molecule has 1 aromatic heterocycles. The summed E-state index contributed by atoms with van der Waals surface area (Å²) in [5.41, 5.74) is -0.0241. The highest BCUT2D eigenvalue weighted by Crippen LogP contribution is 2.22. The van der Waals surface area contributed by atoms with Crippen LogP contribution in [0.5, 0.6) is 0 Å². The first kappa shape index (κ1) is 24.2. The van der Waals surface area contributed by atoms with Crippen molar-refractivity contribution in [2.24, 2.45) is 10.9 Å². The van der Waals surface area contributed by atoms with Crippen molar-refractivity contribution in [3.63, 3.8) is 0 Å². The van der Waals surface area contributed by atoms with E-state index in [1.54, 1.807) is 0 Å². The van der Waals surface area contributed by atoms with E-state index in [0.717, 1.165) is 43.7 Å². The van der Waals surface area contributed by atoms with Gasteiger partial charge in [-0.2, -0.15) is 0 Å². The second-order valence-corrected chi connectivity index (χ2v) is 8.39. The fourth-order valence-electron chi connectivity index (χ4n) is 3.22. The molecule has 0 radical (unpaired) electrons. The summed E-state index contributed by atoms with van der Waals surface area (Å²) >= 11 is 0. The van der Waals surface area contributed by atoms with Crippen molar-refractivity contribution in [1.82, 2.24) is 20.5 Å². The van der Waals surface area contributed by atoms with Crippen molar-refractivity contribution in [1.29, 1.82) is 0 Å². The topological polar surface area (TPSA) is 65.7 Å². The molecule has 1 saturated heterocycles. The van der Waals surface area contributed by atoms with E-state index in [4.69, 9.17) is 4.42 Å². The second kappa shape index (κ2) is 11.9. The van der Waals surface area contributed by atoms with Gasteiger partial charge < -0.3 is 20.0 Å². The molecule has 2 N–H and O–H groups in total. The molecule has 0 bridgehead atoms. The number of aromatic nitrogens is 1. The minimum Gasteiger partial charge on any atom is -0.443 e. The van der Waals surface area contributed by atoms with Crippen molar-refractivity contribution in [2.75, 3.05) is 32.7 Å². The molecule has 0 amide bonds. The number of rotatable bonds is 7. The van der Waals surface area contributed by atoms with Crippen LogP contribution in [0.15, 0.2) is 15.6 Å². The summed E-state index contributed by atoms with van der Waals surface area (Å²) in [6, 6.07) is 0. The van der Waals surface area contributed by atoms with Crippen molar-refractivity contribution < 1.29 is 4.42 Å². The van der Waals surface area contributed by atoms with Gasteiger partial charge in [0, 0.05) is 25.0 Å². The molecule has 1 fully saturated rings. The lowest BCUT2D eigenvalue weighted by Crippen LogP contribution is -2.40. The van der Waals surface area contributed by atoms with Crippen LogP contribution in [0.3, 0.4) is 0 Å². The third-order valence-corrected chi connectivity index (χ3v) is 4.69. The van der Waals surface area contributed by atoms with E-state index in [1.807, 2.05) is 6.20 Å². The summed E-state index contributed by atoms with van der Waals surface area (Å²) in [4.78, 5) is 11.5. The zero-order chi connectivity index (χ0) is 19.0. The van der Waals surface area contributed by atoms with E-state index in [9.17, 15) is 0 Å². The molecule has 1 aromatic rings. The molecule has 1 unspecified atom stereocenters. The van der Waals surface area contributed by atoms with E-state index in [0.29, 0.717) is 12.4 Å². The molecule has 0 saturated carbocycles. The van der Waals surface area contributed by atoms with Gasteiger partial charge in [0.15, 0.2) is 5.96 Å². The summed E-state index contributed by atoms with van der Waals surface area (Å²) in [6.07, 6.45) is 5.66. The quantitative estimate of drug-likeness (QED) is 0.263. The van der Waals surface area contributed by atoms with Crippen LogP contribution in [0.4, 0.5) is 0 Å². The molecule has 156 valence electrons. The maximum absolute atomic E-state index is 5.81. The number of halogens is 1. The lowest BCUT2D eigenvalue weighted by atomic mass is 9.94. The highest BCUT2D eigenvalue weighted by molar-refractivity contribution is 14.0. The second-order valence-electron chi connectivity index (χ2n) is 8.39. The Hall–Kier alpha value is -0.830. The molecule has 2 rings (SSSR count). The lowest BCUT2D eigenvalue weighted by Gasteiger charge is -2.30. The normalized spacial score (nSPS) is 18.9. The molecule has 0 aliphatic carbocycles. The van der Waals surface area contributed by atoms with Crippen molar-refractivity contribution in [2.45, 2.75) is 65.8 Å². The largest absolute Gasteiger partial charge is 0.443 e. The summed E-state index contributed by atoms with van der Waals surface area (Å²) in [7, 11) is 0. The van der Waals surface area contributed by atoms with Crippen LogP contribution in [-0.4, -0.2) is 48.6 Å². The third kappa shape index (κ3) is 8.81. The number of aliphatic imine (C=N–C) groups is 1. The maximum atomic E-state index is 5.81. The van der Waals surface area contributed by atoms with Gasteiger partial charge in [-0.15, -0.1) is 24.0 Å². The Morgan fingerprint density at radius 1 is 1.37 bits per heavy atom. The van der Waals surface area contributed by atoms with Crippen LogP contribution in [0, 0.1) is 5.92 Å². The van der Waals surface area contributed by atoms with Gasteiger partial charge in [0.1, 0.15) is 12.3 Å². The average Bonchev–Trinajstić information content (AvgIpc) is 3.06. The number of guanidine groups is 1. The standard InChI is InChI=1S/C20H37N5O.HI/c1-6-21-19(22-10-8-12-25-11-7-9-16(2)15-25)24-14-18-23-13-17(26-18)20(3,4)5;/h13,16H,6-12,14-15H2,1-5H3,(H2,21,22,24);1H. The highest BCUT2D eigenvalue weighted by Gasteiger charge is 2.19. The Morgan fingerprint density at radius 3 is 2.78 bits per heavy atom. The maximum Gasteiger partial charge on any atom is 0.216 e. The average molecular weight is 491 g/mol. The number of hydrogen-bond acceptors (Lipinski definition) is 4. The first-order valence-corrected chi connectivity index (χ1v) is 10.1. The molecule has 7 heteroatoms. The lowest BCUT2D eigenvalue weighted by molar-refractivity contribution is 0.182. The number of likely N-dealkylation sites (tertiary alicyclic amines) is 1. The van der Waals surface area contributed by atoms with Gasteiger partial charge in [0.2, 0.25) is 5.89 Å². The molecule has 1 atom stereocenters. The van der Waals surface area contributed by atoms with Crippen LogP contribution in [0.25, 0.3) is 0 Å². The van der Waals surface area contributed by atoms with Crippen molar-refractivity contribution in [3.8, 4) is 0 Å². The molecule has 0 aromatic carbocycles. The number of hydrogen-bond donors (Lipinski definition) is 2. The van der Waals surface area contributed by atoms with E-state index in [-0.39, 0.29) is 29.4 Å². The Kier molecular flexibility index (Phi) is 10.7. The number of nitrogens with one attached hydrogen (secondary N) is 2. The highest BCUT2D eigenvalue weighted by atomic mass is 127. The van der Waals surface area contributed by atoms with Gasteiger partial charge in [-0.25, -0.2) is 9.98 Å². The summed E-state index contributed by atoms with van der Waals surface area (Å²) in [6.45, 7) is 16.7. The predicted molar refractivity (Wildman–Crippen MR) is 123 cm³/mol. The fourth-order valence-corrected chi connectivity index (χ4v) is 3.22. The van der Waals surface area contributed by atoms with Gasteiger partial charge in [0.25, 0.3) is 0 Å². The third-order valence-electron chi connectivity index (χ3n) is 4.69. The number of nitrogens with zero attached hydrogens (tertiary/aromatic N) is 3. The smallest absolute Gasteiger partial charge is 0.216 e. The molecular weight excluding hydrogens is 453 g/mol. The van der Waals surface area contributed by atoms with Gasteiger partial charge in [-0.1, -0.05) is 27.7 Å².